The molecule has 0 saturated heterocycles. The second-order valence-corrected chi connectivity index (χ2v) is 7.13. The minimum Gasteiger partial charge on any atom is -0.478 e. The normalized spacial score (nSPS) is 14.4. The molecule has 0 atom stereocenters. The smallest absolute Gasteiger partial charge is 0.335 e. The maximum Gasteiger partial charge on any atom is 0.335 e. The molecule has 0 radical (unpaired) electrons. The Labute approximate surface area is 175 Å². The van der Waals surface area contributed by atoms with E-state index in [1.807, 2.05) is 0 Å². The molecule has 4 rings (SSSR count). The monoisotopic (exact) mass is 427 g/mol. The number of fused-ring (bicyclic) bond motifs is 1. The molecule has 3 aromatic carbocycles. The Kier molecular flexibility index (Phi) is 4.86. The molecule has 29 heavy (non-hydrogen) atoms. The van der Waals surface area contributed by atoms with Crippen LogP contribution in [0.25, 0.3) is 11.6 Å². The van der Waals surface area contributed by atoms with Gasteiger partial charge in [-0.25, -0.2) is 9.18 Å². The number of carboxylic acids is 1. The molecule has 0 aromatic heterocycles. The van der Waals surface area contributed by atoms with E-state index < -0.39 is 17.7 Å². The number of benzene rings is 3. The van der Waals surface area contributed by atoms with Gasteiger partial charge >= 0.3 is 5.97 Å². The predicted octanol–water partition coefficient (Wildman–Crippen LogP) is 6.05. The molecule has 1 N–H and O–H groups in total. The molecule has 0 aliphatic carbocycles. The fourth-order valence-corrected chi connectivity index (χ4v) is 3.75. The predicted molar refractivity (Wildman–Crippen MR) is 111 cm³/mol. The molecule has 1 heterocycles. The molecule has 0 fully saturated rings. The molecule has 0 unspecified atom stereocenters. The van der Waals surface area contributed by atoms with E-state index in [4.69, 9.17) is 28.3 Å². The van der Waals surface area contributed by atoms with Crippen molar-refractivity contribution in [2.75, 3.05) is 4.90 Å². The molecule has 1 aliphatic heterocycles. The maximum absolute atomic E-state index is 14.7. The number of halogens is 3. The molecule has 0 saturated carbocycles. The van der Waals surface area contributed by atoms with Crippen molar-refractivity contribution in [2.45, 2.75) is 0 Å². The lowest BCUT2D eigenvalue weighted by Gasteiger charge is -2.17. The summed E-state index contributed by atoms with van der Waals surface area (Å²) in [5, 5.41) is 9.75. The average molecular weight is 428 g/mol. The quantitative estimate of drug-likeness (QED) is 0.517. The van der Waals surface area contributed by atoms with E-state index >= 15 is 0 Å². The summed E-state index contributed by atoms with van der Waals surface area (Å²) < 4.78 is 14.7. The SMILES string of the molecule is O=C(O)c1ccc(N2C(=O)/C(=C\c3c(Cl)cccc3Cl)c3c(F)cccc32)cc1. The molecule has 1 aliphatic rings. The third-order valence-electron chi connectivity index (χ3n) is 4.60. The van der Waals surface area contributed by atoms with E-state index in [1.165, 1.54) is 47.4 Å². The molecule has 144 valence electrons. The van der Waals surface area contributed by atoms with Crippen molar-refractivity contribution < 1.29 is 19.1 Å². The fraction of sp³-hybridized carbons (Fsp3) is 0. The van der Waals surface area contributed by atoms with E-state index in [1.54, 1.807) is 24.3 Å². The topological polar surface area (TPSA) is 57.6 Å². The molecular weight excluding hydrogens is 416 g/mol. The second kappa shape index (κ2) is 7.35. The standard InChI is InChI=1S/C22H12Cl2FNO3/c23-16-3-1-4-17(24)14(16)11-15-20-18(25)5-2-6-19(20)26(21(15)27)13-9-7-12(8-10-13)22(28)29/h1-11H,(H,28,29)/b15-11-. The summed E-state index contributed by atoms with van der Waals surface area (Å²) in [7, 11) is 0. The Bertz CT molecular complexity index is 1170. The van der Waals surface area contributed by atoms with E-state index in [-0.39, 0.29) is 16.7 Å². The van der Waals surface area contributed by atoms with Gasteiger partial charge in [-0.3, -0.25) is 9.69 Å². The number of amides is 1. The van der Waals surface area contributed by atoms with Crippen LogP contribution >= 0.6 is 23.2 Å². The van der Waals surface area contributed by atoms with Gasteiger partial charge in [0, 0.05) is 26.9 Å². The molecular formula is C22H12Cl2FNO3. The summed E-state index contributed by atoms with van der Waals surface area (Å²) >= 11 is 12.4. The van der Waals surface area contributed by atoms with Gasteiger partial charge in [0.25, 0.3) is 5.91 Å². The summed E-state index contributed by atoms with van der Waals surface area (Å²) in [6.45, 7) is 0. The highest BCUT2D eigenvalue weighted by Crippen LogP contribution is 2.44. The van der Waals surface area contributed by atoms with Gasteiger partial charge in [-0.2, -0.15) is 0 Å². The molecule has 7 heteroatoms. The van der Waals surface area contributed by atoms with Crippen molar-refractivity contribution >= 4 is 58.1 Å². The number of hydrogen-bond acceptors (Lipinski definition) is 2. The number of carbonyl (C=O) groups is 2. The first-order valence-electron chi connectivity index (χ1n) is 8.51. The van der Waals surface area contributed by atoms with Crippen molar-refractivity contribution in [3.8, 4) is 0 Å². The van der Waals surface area contributed by atoms with Crippen LogP contribution in [0.5, 0.6) is 0 Å². The van der Waals surface area contributed by atoms with Crippen molar-refractivity contribution in [3.05, 3.63) is 93.2 Å². The third kappa shape index (κ3) is 3.28. The first kappa shape index (κ1) is 19.2. The minimum atomic E-state index is -1.08. The van der Waals surface area contributed by atoms with Crippen LogP contribution in [0.4, 0.5) is 15.8 Å². The van der Waals surface area contributed by atoms with Crippen molar-refractivity contribution in [1.82, 2.24) is 0 Å². The number of hydrogen-bond donors (Lipinski definition) is 1. The largest absolute Gasteiger partial charge is 0.478 e. The second-order valence-electron chi connectivity index (χ2n) is 6.32. The number of nitrogens with zero attached hydrogens (tertiary/aromatic N) is 1. The third-order valence-corrected chi connectivity index (χ3v) is 5.26. The highest BCUT2D eigenvalue weighted by molar-refractivity contribution is 6.41. The molecule has 0 spiro atoms. The highest BCUT2D eigenvalue weighted by Gasteiger charge is 2.36. The Balaban J connectivity index is 1.89. The zero-order valence-electron chi connectivity index (χ0n) is 14.7. The first-order valence-corrected chi connectivity index (χ1v) is 9.26. The van der Waals surface area contributed by atoms with E-state index in [9.17, 15) is 14.0 Å². The Morgan fingerprint density at radius 3 is 2.21 bits per heavy atom. The molecule has 3 aromatic rings. The van der Waals surface area contributed by atoms with Crippen LogP contribution in [0.1, 0.15) is 21.5 Å². The van der Waals surface area contributed by atoms with Gasteiger partial charge in [0.15, 0.2) is 0 Å². The van der Waals surface area contributed by atoms with Crippen LogP contribution in [-0.2, 0) is 4.79 Å². The maximum atomic E-state index is 14.7. The lowest BCUT2D eigenvalue weighted by Crippen LogP contribution is -2.20. The van der Waals surface area contributed by atoms with E-state index in [2.05, 4.69) is 0 Å². The Morgan fingerprint density at radius 2 is 1.59 bits per heavy atom. The summed E-state index contributed by atoms with van der Waals surface area (Å²) in [5.41, 5.74) is 1.51. The summed E-state index contributed by atoms with van der Waals surface area (Å²) in [5.74, 6) is -2.11. The number of carboxylic acid groups (broad SMARTS) is 1. The van der Waals surface area contributed by atoms with Crippen LogP contribution in [-0.4, -0.2) is 17.0 Å². The minimum absolute atomic E-state index is 0.0819. The van der Waals surface area contributed by atoms with Gasteiger partial charge in [-0.05, 0) is 54.6 Å². The zero-order valence-corrected chi connectivity index (χ0v) is 16.2. The zero-order chi connectivity index (χ0) is 20.7. The van der Waals surface area contributed by atoms with Crippen LogP contribution < -0.4 is 4.90 Å². The van der Waals surface area contributed by atoms with Gasteiger partial charge in [0.05, 0.1) is 16.8 Å². The number of carbonyl (C=O) groups excluding carboxylic acids is 1. The molecule has 4 nitrogen and oxygen atoms in total. The summed E-state index contributed by atoms with van der Waals surface area (Å²) in [6, 6.07) is 15.1. The van der Waals surface area contributed by atoms with Gasteiger partial charge in [0.2, 0.25) is 0 Å². The van der Waals surface area contributed by atoms with Crippen molar-refractivity contribution in [1.29, 1.82) is 0 Å². The van der Waals surface area contributed by atoms with Crippen LogP contribution in [0.3, 0.4) is 0 Å². The summed E-state index contributed by atoms with van der Waals surface area (Å²) in [6.07, 6.45) is 1.47. The van der Waals surface area contributed by atoms with Crippen molar-refractivity contribution in [3.63, 3.8) is 0 Å². The first-order chi connectivity index (χ1) is 13.9. The number of aromatic carboxylic acids is 1. The summed E-state index contributed by atoms with van der Waals surface area (Å²) in [4.78, 5) is 25.7. The Morgan fingerprint density at radius 1 is 0.966 bits per heavy atom. The Hall–Kier alpha value is -3.15. The lowest BCUT2D eigenvalue weighted by molar-refractivity contribution is -0.112. The van der Waals surface area contributed by atoms with Gasteiger partial charge in [-0.15, -0.1) is 0 Å². The van der Waals surface area contributed by atoms with Crippen LogP contribution in [0, 0.1) is 5.82 Å². The highest BCUT2D eigenvalue weighted by atomic mass is 35.5. The van der Waals surface area contributed by atoms with Crippen molar-refractivity contribution in [2.24, 2.45) is 0 Å². The lowest BCUT2D eigenvalue weighted by atomic mass is 10.0. The van der Waals surface area contributed by atoms with Crippen LogP contribution in [0.15, 0.2) is 60.7 Å². The number of anilines is 2. The molecule has 1 amide bonds. The van der Waals surface area contributed by atoms with Crippen LogP contribution in [0.2, 0.25) is 10.0 Å². The van der Waals surface area contributed by atoms with Gasteiger partial charge in [-0.1, -0.05) is 35.3 Å². The van der Waals surface area contributed by atoms with Gasteiger partial charge < -0.3 is 5.11 Å². The van der Waals surface area contributed by atoms with E-state index in [0.717, 1.165) is 0 Å². The van der Waals surface area contributed by atoms with E-state index in [0.29, 0.717) is 27.0 Å². The molecule has 0 bridgehead atoms. The van der Waals surface area contributed by atoms with Gasteiger partial charge in [0.1, 0.15) is 5.82 Å². The fourth-order valence-electron chi connectivity index (χ4n) is 3.24. The average Bonchev–Trinajstić information content (AvgIpc) is 2.97. The number of rotatable bonds is 3.